The molecule has 3 heterocycles. The summed E-state index contributed by atoms with van der Waals surface area (Å²) in [7, 11) is 0. The van der Waals surface area contributed by atoms with Crippen LogP contribution in [0.3, 0.4) is 0 Å². The molecule has 2 saturated heterocycles. The fourth-order valence-corrected chi connectivity index (χ4v) is 3.88. The topological polar surface area (TPSA) is 66.3 Å². The Morgan fingerprint density at radius 2 is 2.13 bits per heavy atom. The average molecular weight is 320 g/mol. The van der Waals surface area contributed by atoms with Crippen molar-refractivity contribution in [2.75, 3.05) is 13.1 Å². The maximum atomic E-state index is 12.2. The standard InChI is InChI=1S/C16H28N6O/c1-5-7-21-12(4)18-19-15(21)10-20-8-6-14-13(9-20)17-16(23)22(14)11(2)3/h11,13-14H,5-10H2,1-4H3,(H,17,23)/t13-,14+/m1/s1. The summed E-state index contributed by atoms with van der Waals surface area (Å²) in [5.41, 5.74) is 0. The Labute approximate surface area is 138 Å². The molecule has 0 aromatic carbocycles. The summed E-state index contributed by atoms with van der Waals surface area (Å²) < 4.78 is 2.21. The van der Waals surface area contributed by atoms with Gasteiger partial charge < -0.3 is 14.8 Å². The van der Waals surface area contributed by atoms with Gasteiger partial charge in [0.05, 0.1) is 18.6 Å². The Kier molecular flexibility index (Phi) is 4.57. The van der Waals surface area contributed by atoms with E-state index < -0.39 is 0 Å². The van der Waals surface area contributed by atoms with Crippen LogP contribution in [0.1, 0.15) is 45.3 Å². The van der Waals surface area contributed by atoms with Crippen molar-refractivity contribution in [2.45, 2.75) is 71.8 Å². The molecule has 0 aliphatic carbocycles. The van der Waals surface area contributed by atoms with Crippen molar-refractivity contribution in [3.63, 3.8) is 0 Å². The lowest BCUT2D eigenvalue weighted by molar-refractivity contribution is 0.119. The lowest BCUT2D eigenvalue weighted by Gasteiger charge is -2.37. The van der Waals surface area contributed by atoms with Crippen molar-refractivity contribution in [3.8, 4) is 0 Å². The van der Waals surface area contributed by atoms with Crippen molar-refractivity contribution in [1.29, 1.82) is 0 Å². The van der Waals surface area contributed by atoms with Gasteiger partial charge in [-0.25, -0.2) is 4.79 Å². The average Bonchev–Trinajstić information content (AvgIpc) is 3.00. The van der Waals surface area contributed by atoms with Crippen LogP contribution in [0, 0.1) is 6.92 Å². The molecule has 2 fully saturated rings. The molecule has 0 bridgehead atoms. The van der Waals surface area contributed by atoms with Crippen LogP contribution >= 0.6 is 0 Å². The van der Waals surface area contributed by atoms with E-state index in [1.807, 2.05) is 11.8 Å². The third kappa shape index (κ3) is 3.06. The summed E-state index contributed by atoms with van der Waals surface area (Å²) >= 11 is 0. The number of carbonyl (C=O) groups excluding carboxylic acids is 1. The van der Waals surface area contributed by atoms with E-state index in [9.17, 15) is 4.79 Å². The minimum atomic E-state index is 0.0850. The Morgan fingerprint density at radius 3 is 2.83 bits per heavy atom. The molecule has 3 rings (SSSR count). The first kappa shape index (κ1) is 16.2. The molecule has 2 amide bonds. The van der Waals surface area contributed by atoms with Crippen molar-refractivity contribution >= 4 is 6.03 Å². The van der Waals surface area contributed by atoms with E-state index in [1.54, 1.807) is 0 Å². The summed E-state index contributed by atoms with van der Waals surface area (Å²) in [6, 6.07) is 0.894. The molecule has 2 aliphatic heterocycles. The molecule has 1 aromatic heterocycles. The zero-order valence-corrected chi connectivity index (χ0v) is 14.6. The Hall–Kier alpha value is -1.63. The number of carbonyl (C=O) groups is 1. The molecule has 0 spiro atoms. The van der Waals surface area contributed by atoms with Crippen molar-refractivity contribution < 1.29 is 4.79 Å². The molecule has 1 aromatic rings. The van der Waals surface area contributed by atoms with Crippen molar-refractivity contribution in [2.24, 2.45) is 0 Å². The van der Waals surface area contributed by atoms with Gasteiger partial charge in [-0.2, -0.15) is 0 Å². The first-order chi connectivity index (χ1) is 11.0. The number of likely N-dealkylation sites (tertiary alicyclic amines) is 1. The lowest BCUT2D eigenvalue weighted by Crippen LogP contribution is -2.52. The first-order valence-corrected chi connectivity index (χ1v) is 8.71. The summed E-state index contributed by atoms with van der Waals surface area (Å²) in [4.78, 5) is 16.6. The zero-order chi connectivity index (χ0) is 16.6. The van der Waals surface area contributed by atoms with E-state index in [0.717, 1.165) is 50.7 Å². The van der Waals surface area contributed by atoms with Crippen LogP contribution in [0.15, 0.2) is 0 Å². The van der Waals surface area contributed by atoms with Crippen LogP contribution in [0.4, 0.5) is 4.79 Å². The third-order valence-corrected chi connectivity index (χ3v) is 4.94. The Balaban J connectivity index is 1.66. The first-order valence-electron chi connectivity index (χ1n) is 8.71. The van der Waals surface area contributed by atoms with Gasteiger partial charge in [0.25, 0.3) is 0 Å². The molecule has 0 unspecified atom stereocenters. The van der Waals surface area contributed by atoms with E-state index >= 15 is 0 Å². The number of nitrogens with zero attached hydrogens (tertiary/aromatic N) is 5. The van der Waals surface area contributed by atoms with Crippen LogP contribution in [-0.4, -0.2) is 61.8 Å². The second kappa shape index (κ2) is 6.47. The molecular weight excluding hydrogens is 292 g/mol. The Morgan fingerprint density at radius 1 is 1.35 bits per heavy atom. The van der Waals surface area contributed by atoms with Crippen LogP contribution in [0.5, 0.6) is 0 Å². The maximum Gasteiger partial charge on any atom is 0.318 e. The van der Waals surface area contributed by atoms with Crippen molar-refractivity contribution in [1.82, 2.24) is 29.9 Å². The summed E-state index contributed by atoms with van der Waals surface area (Å²) in [5, 5.41) is 11.7. The Bertz CT molecular complexity index is 569. The monoisotopic (exact) mass is 320 g/mol. The number of urea groups is 1. The summed E-state index contributed by atoms with van der Waals surface area (Å²) in [6.07, 6.45) is 2.10. The van der Waals surface area contributed by atoms with Gasteiger partial charge in [-0.05, 0) is 33.6 Å². The molecular formula is C16H28N6O. The molecule has 1 N–H and O–H groups in total. The van der Waals surface area contributed by atoms with Crippen molar-refractivity contribution in [3.05, 3.63) is 11.6 Å². The van der Waals surface area contributed by atoms with Gasteiger partial charge >= 0.3 is 6.03 Å². The maximum absolute atomic E-state index is 12.2. The van der Waals surface area contributed by atoms with E-state index in [0.29, 0.717) is 6.04 Å². The number of aromatic nitrogens is 3. The van der Waals surface area contributed by atoms with Gasteiger partial charge in [-0.15, -0.1) is 10.2 Å². The molecule has 7 nitrogen and oxygen atoms in total. The van der Waals surface area contributed by atoms with Crippen LogP contribution in [0.25, 0.3) is 0 Å². The highest BCUT2D eigenvalue weighted by Crippen LogP contribution is 2.25. The molecule has 2 aliphatic rings. The molecule has 7 heteroatoms. The van der Waals surface area contributed by atoms with Gasteiger partial charge in [-0.3, -0.25) is 4.90 Å². The normalized spacial score (nSPS) is 25.1. The molecule has 128 valence electrons. The zero-order valence-electron chi connectivity index (χ0n) is 14.6. The highest BCUT2D eigenvalue weighted by molar-refractivity contribution is 5.78. The number of nitrogens with one attached hydrogen (secondary N) is 1. The van der Waals surface area contributed by atoms with Crippen LogP contribution in [0.2, 0.25) is 0 Å². The minimum absolute atomic E-state index is 0.0850. The molecule has 2 atom stereocenters. The van der Waals surface area contributed by atoms with E-state index in [2.05, 4.69) is 45.8 Å². The second-order valence-electron chi connectivity index (χ2n) is 6.96. The van der Waals surface area contributed by atoms with Crippen LogP contribution in [-0.2, 0) is 13.1 Å². The molecule has 23 heavy (non-hydrogen) atoms. The fourth-order valence-electron chi connectivity index (χ4n) is 3.88. The number of piperidine rings is 1. The van der Waals surface area contributed by atoms with Crippen LogP contribution < -0.4 is 5.32 Å². The third-order valence-electron chi connectivity index (χ3n) is 4.94. The lowest BCUT2D eigenvalue weighted by atomic mass is 9.99. The second-order valence-corrected chi connectivity index (χ2v) is 6.96. The number of hydrogen-bond donors (Lipinski definition) is 1. The number of rotatable bonds is 5. The quantitative estimate of drug-likeness (QED) is 0.890. The number of aryl methyl sites for hydroxylation is 1. The van der Waals surface area contributed by atoms with Gasteiger partial charge in [-0.1, -0.05) is 6.92 Å². The SMILES string of the molecule is CCCn1c(C)nnc1CN1CC[C@H]2[C@@H](C1)NC(=O)N2C(C)C. The van der Waals surface area contributed by atoms with E-state index in [1.165, 1.54) is 0 Å². The molecule has 0 saturated carbocycles. The molecule has 0 radical (unpaired) electrons. The van der Waals surface area contributed by atoms with E-state index in [-0.39, 0.29) is 18.1 Å². The summed E-state index contributed by atoms with van der Waals surface area (Å²) in [6.45, 7) is 12.0. The largest absolute Gasteiger partial charge is 0.332 e. The number of amides is 2. The van der Waals surface area contributed by atoms with Gasteiger partial charge in [0.2, 0.25) is 0 Å². The smallest absolute Gasteiger partial charge is 0.318 e. The number of hydrogen-bond acceptors (Lipinski definition) is 4. The van der Waals surface area contributed by atoms with Gasteiger partial charge in [0, 0.05) is 25.7 Å². The van der Waals surface area contributed by atoms with E-state index in [4.69, 9.17) is 0 Å². The summed E-state index contributed by atoms with van der Waals surface area (Å²) in [5.74, 6) is 2.02. The van der Waals surface area contributed by atoms with Gasteiger partial charge in [0.15, 0.2) is 0 Å². The highest BCUT2D eigenvalue weighted by Gasteiger charge is 2.43. The number of fused-ring (bicyclic) bond motifs is 1. The predicted octanol–water partition coefficient (Wildman–Crippen LogP) is 1.37. The fraction of sp³-hybridized carbons (Fsp3) is 0.812. The minimum Gasteiger partial charge on any atom is -0.332 e. The predicted molar refractivity (Wildman–Crippen MR) is 88.0 cm³/mol. The van der Waals surface area contributed by atoms with Gasteiger partial charge in [0.1, 0.15) is 11.6 Å². The highest BCUT2D eigenvalue weighted by atomic mass is 16.2.